The first kappa shape index (κ1) is 28.5. The Labute approximate surface area is 241 Å². The van der Waals surface area contributed by atoms with Gasteiger partial charge in [0.25, 0.3) is 11.8 Å². The van der Waals surface area contributed by atoms with E-state index in [0.717, 1.165) is 15.4 Å². The van der Waals surface area contributed by atoms with Gasteiger partial charge >= 0.3 is 11.9 Å². The predicted octanol–water partition coefficient (Wildman–Crippen LogP) is 4.25. The maximum atomic E-state index is 13.8. The van der Waals surface area contributed by atoms with E-state index in [1.54, 1.807) is 24.3 Å². The molecule has 0 aliphatic carbocycles. The molecule has 2 amide bonds. The predicted molar refractivity (Wildman–Crippen MR) is 149 cm³/mol. The molecule has 1 fully saturated rings. The lowest BCUT2D eigenvalue weighted by Gasteiger charge is -2.47. The number of nitrogens with zero attached hydrogens (tertiary/aromatic N) is 1. The molecule has 0 spiro atoms. The molecular weight excluding hydrogens is 546 g/mol. The third kappa shape index (κ3) is 6.35. The minimum atomic E-state index is -1.10. The second kappa shape index (κ2) is 12.7. The van der Waals surface area contributed by atoms with Crippen molar-refractivity contribution in [2.24, 2.45) is 0 Å². The summed E-state index contributed by atoms with van der Waals surface area (Å²) in [5.41, 5.74) is 0.529. The SMILES string of the molecule is CC(=O)OC[C@H]1O[C@@H](Sc2ccccc2)[C@H](N2C(=O)c3ccccc3C2=O)[C@@H](OCc2ccccc2)[C@H]1OC(C)=O. The fraction of sp³-hybridized carbons (Fsp3) is 0.290. The van der Waals surface area contributed by atoms with E-state index in [1.165, 1.54) is 25.6 Å². The summed E-state index contributed by atoms with van der Waals surface area (Å²) in [7, 11) is 0. The Balaban J connectivity index is 1.59. The molecule has 10 heteroatoms. The molecule has 0 bridgehead atoms. The first-order chi connectivity index (χ1) is 19.8. The molecule has 0 unspecified atom stereocenters. The van der Waals surface area contributed by atoms with Gasteiger partial charge in [-0.05, 0) is 29.8 Å². The molecule has 2 aliphatic rings. The maximum absolute atomic E-state index is 13.8. The number of benzene rings is 3. The van der Waals surface area contributed by atoms with E-state index in [0.29, 0.717) is 0 Å². The quantitative estimate of drug-likeness (QED) is 0.273. The fourth-order valence-corrected chi connectivity index (χ4v) is 6.19. The van der Waals surface area contributed by atoms with Gasteiger partial charge in [0, 0.05) is 18.7 Å². The van der Waals surface area contributed by atoms with Crippen LogP contribution in [0.3, 0.4) is 0 Å². The largest absolute Gasteiger partial charge is 0.463 e. The second-order valence-electron chi connectivity index (χ2n) is 9.63. The molecule has 41 heavy (non-hydrogen) atoms. The molecule has 3 aromatic rings. The summed E-state index contributed by atoms with van der Waals surface area (Å²) in [5, 5.41) is 0. The Bertz CT molecular complexity index is 1380. The Morgan fingerprint density at radius 2 is 1.39 bits per heavy atom. The monoisotopic (exact) mass is 575 g/mol. The van der Waals surface area contributed by atoms with Crippen molar-refractivity contribution < 1.29 is 38.1 Å². The number of carbonyl (C=O) groups is 4. The van der Waals surface area contributed by atoms with Gasteiger partial charge < -0.3 is 18.9 Å². The van der Waals surface area contributed by atoms with Gasteiger partial charge in [-0.3, -0.25) is 24.1 Å². The van der Waals surface area contributed by atoms with Crippen molar-refractivity contribution in [3.05, 3.63) is 102 Å². The number of rotatable bonds is 9. The summed E-state index contributed by atoms with van der Waals surface area (Å²) in [4.78, 5) is 53.6. The molecule has 0 N–H and O–H groups in total. The standard InChI is InChI=1S/C31H29NO8S/c1-19(33)37-18-25-27(39-20(2)34)28(38-17-21-11-5-3-6-12-21)26(31(40-25)41-22-13-7-4-8-14-22)32-29(35)23-15-9-10-16-24(23)30(32)36/h3-16,25-28,31H,17-18H2,1-2H3/t25-,26-,27+,28-,31+/m1/s1. The maximum Gasteiger partial charge on any atom is 0.303 e. The number of esters is 2. The van der Waals surface area contributed by atoms with E-state index >= 15 is 0 Å². The lowest BCUT2D eigenvalue weighted by atomic mass is 9.95. The van der Waals surface area contributed by atoms with Crippen LogP contribution in [0.1, 0.15) is 40.1 Å². The normalized spacial score (nSPS) is 23.7. The van der Waals surface area contributed by atoms with Gasteiger partial charge in [0.05, 0.1) is 17.7 Å². The Hall–Kier alpha value is -3.99. The van der Waals surface area contributed by atoms with Crippen molar-refractivity contribution in [1.29, 1.82) is 0 Å². The number of thioether (sulfide) groups is 1. The third-order valence-electron chi connectivity index (χ3n) is 6.77. The van der Waals surface area contributed by atoms with Gasteiger partial charge in [-0.15, -0.1) is 0 Å². The van der Waals surface area contributed by atoms with Crippen LogP contribution < -0.4 is 0 Å². The van der Waals surface area contributed by atoms with Crippen LogP contribution in [-0.4, -0.2) is 65.0 Å². The van der Waals surface area contributed by atoms with Crippen molar-refractivity contribution in [1.82, 2.24) is 4.90 Å². The molecule has 0 aromatic heterocycles. The highest BCUT2D eigenvalue weighted by Crippen LogP contribution is 2.41. The highest BCUT2D eigenvalue weighted by Gasteiger charge is 2.56. The molecule has 0 saturated carbocycles. The minimum Gasteiger partial charge on any atom is -0.463 e. The summed E-state index contributed by atoms with van der Waals surface area (Å²) >= 11 is 1.30. The van der Waals surface area contributed by atoms with Crippen LogP contribution in [0.2, 0.25) is 0 Å². The number of imide groups is 1. The topological polar surface area (TPSA) is 108 Å². The molecule has 1 saturated heterocycles. The molecule has 0 radical (unpaired) electrons. The van der Waals surface area contributed by atoms with Crippen LogP contribution in [0.25, 0.3) is 0 Å². The zero-order valence-corrected chi connectivity index (χ0v) is 23.3. The van der Waals surface area contributed by atoms with E-state index in [-0.39, 0.29) is 24.3 Å². The highest BCUT2D eigenvalue weighted by molar-refractivity contribution is 7.99. The Morgan fingerprint density at radius 1 is 0.805 bits per heavy atom. The van der Waals surface area contributed by atoms with Gasteiger partial charge in [-0.25, -0.2) is 0 Å². The van der Waals surface area contributed by atoms with Crippen LogP contribution in [0, 0.1) is 0 Å². The van der Waals surface area contributed by atoms with E-state index in [1.807, 2.05) is 60.7 Å². The zero-order chi connectivity index (χ0) is 28.9. The van der Waals surface area contributed by atoms with Gasteiger partial charge in [-0.2, -0.15) is 0 Å². The van der Waals surface area contributed by atoms with Gasteiger partial charge in [0.1, 0.15) is 30.3 Å². The number of carbonyl (C=O) groups excluding carboxylic acids is 4. The molecule has 212 valence electrons. The number of ether oxygens (including phenoxy) is 4. The third-order valence-corrected chi connectivity index (χ3v) is 7.94. The zero-order valence-electron chi connectivity index (χ0n) is 22.5. The lowest BCUT2D eigenvalue weighted by Crippen LogP contribution is -2.66. The van der Waals surface area contributed by atoms with Crippen molar-refractivity contribution in [2.75, 3.05) is 6.61 Å². The van der Waals surface area contributed by atoms with Crippen LogP contribution in [0.5, 0.6) is 0 Å². The number of hydrogen-bond donors (Lipinski definition) is 0. The van der Waals surface area contributed by atoms with E-state index < -0.39 is 53.5 Å². The molecule has 5 rings (SSSR count). The molecule has 5 atom stereocenters. The molecule has 2 heterocycles. The van der Waals surface area contributed by atoms with Gasteiger partial charge in [0.2, 0.25) is 0 Å². The first-order valence-corrected chi connectivity index (χ1v) is 14.0. The number of fused-ring (bicyclic) bond motifs is 1. The van der Waals surface area contributed by atoms with Crippen LogP contribution in [0.15, 0.2) is 89.8 Å². The van der Waals surface area contributed by atoms with Gasteiger partial charge in [0.15, 0.2) is 6.10 Å². The summed E-state index contributed by atoms with van der Waals surface area (Å²) in [6.45, 7) is 2.40. The molecule has 3 aromatic carbocycles. The lowest BCUT2D eigenvalue weighted by molar-refractivity contribution is -0.218. The van der Waals surface area contributed by atoms with Crippen molar-refractivity contribution in [3.8, 4) is 0 Å². The first-order valence-electron chi connectivity index (χ1n) is 13.1. The Morgan fingerprint density at radius 3 is 1.98 bits per heavy atom. The summed E-state index contributed by atoms with van der Waals surface area (Å²) in [6, 6.07) is 24.3. The van der Waals surface area contributed by atoms with Crippen LogP contribution in [0.4, 0.5) is 0 Å². The van der Waals surface area contributed by atoms with E-state index in [9.17, 15) is 19.2 Å². The molecule has 2 aliphatic heterocycles. The van der Waals surface area contributed by atoms with Crippen LogP contribution >= 0.6 is 11.8 Å². The number of hydrogen-bond acceptors (Lipinski definition) is 9. The minimum absolute atomic E-state index is 0.103. The highest BCUT2D eigenvalue weighted by atomic mass is 32.2. The van der Waals surface area contributed by atoms with Crippen LogP contribution in [-0.2, 0) is 35.1 Å². The molecule has 9 nitrogen and oxygen atoms in total. The van der Waals surface area contributed by atoms with Crippen molar-refractivity contribution in [2.45, 2.75) is 55.1 Å². The second-order valence-corrected chi connectivity index (χ2v) is 10.8. The van der Waals surface area contributed by atoms with E-state index in [4.69, 9.17) is 18.9 Å². The molecular formula is C31H29NO8S. The summed E-state index contributed by atoms with van der Waals surface area (Å²) in [5.74, 6) is -2.14. The fourth-order valence-electron chi connectivity index (χ4n) is 5.00. The average molecular weight is 576 g/mol. The summed E-state index contributed by atoms with van der Waals surface area (Å²) < 4.78 is 23.9. The smallest absolute Gasteiger partial charge is 0.303 e. The van der Waals surface area contributed by atoms with E-state index in [2.05, 4.69) is 0 Å². The van der Waals surface area contributed by atoms with Crippen molar-refractivity contribution >= 4 is 35.5 Å². The Kier molecular flexibility index (Phi) is 8.82. The average Bonchev–Trinajstić information content (AvgIpc) is 3.22. The van der Waals surface area contributed by atoms with Crippen molar-refractivity contribution in [3.63, 3.8) is 0 Å². The summed E-state index contributed by atoms with van der Waals surface area (Å²) in [6.07, 6.45) is -3.05. The van der Waals surface area contributed by atoms with Gasteiger partial charge in [-0.1, -0.05) is 72.4 Å². The number of amides is 2.